The molecule has 15 nitrogen and oxygen atoms in total. The van der Waals surface area contributed by atoms with Crippen LogP contribution in [0.3, 0.4) is 0 Å². The number of carbonyl (C=O) groups is 4. The number of rotatable bonds is 23. The van der Waals surface area contributed by atoms with Gasteiger partial charge in [0.1, 0.15) is 23.0 Å². The van der Waals surface area contributed by atoms with Crippen molar-refractivity contribution in [3.8, 4) is 23.0 Å². The molecule has 0 aromatic heterocycles. The van der Waals surface area contributed by atoms with Crippen molar-refractivity contribution < 1.29 is 81.5 Å². The molecule has 4 aromatic carbocycles. The van der Waals surface area contributed by atoms with Gasteiger partial charge in [-0.15, -0.1) is 0 Å². The van der Waals surface area contributed by atoms with Crippen LogP contribution in [0.25, 0.3) is 0 Å². The average molecular weight is 1230 g/mol. The number of carboxylic acid groups (broad SMARTS) is 4. The lowest BCUT2D eigenvalue weighted by molar-refractivity contribution is -0.153. The van der Waals surface area contributed by atoms with Gasteiger partial charge in [0.2, 0.25) is 12.5 Å². The highest BCUT2D eigenvalue weighted by Crippen LogP contribution is 2.35. The molecule has 21 heteroatoms. The largest absolute Gasteiger partial charge is 0.479 e. The standard InChI is InChI=1S/C14H17BrO4.2C12H15BrO4.C10H9BrF2O3/c1-2-18-12-7-9(8-12)13(14(16)17)19-11-5-3-10(15)4-6-11;2*1-8(7-16-2)11(12(14)15)17-10-5-3-9(13)4-6-10;11-6-1-3-7(4-2-6)16-8(10(14)15)5-9(12)13/h3-6,9,12-13H,2,7-8H2,1H3,(H,16,17);2*3-6,8,11H,7H2,1-2H3,(H,14,15);1-4,8-9H,5H2,(H,14,15). The minimum absolute atomic E-state index is 0.0256. The van der Waals surface area contributed by atoms with Crippen LogP contribution < -0.4 is 18.9 Å². The Morgan fingerprint density at radius 2 is 0.884 bits per heavy atom. The monoisotopic (exact) mass is 1230 g/mol. The van der Waals surface area contributed by atoms with Crippen LogP contribution in [0, 0.1) is 17.8 Å². The molecule has 380 valence electrons. The number of alkyl halides is 2. The topological polar surface area (TPSA) is 214 Å². The Labute approximate surface area is 433 Å². The third-order valence-electron chi connectivity index (χ3n) is 9.57. The molecule has 0 amide bonds. The average Bonchev–Trinajstić information content (AvgIpc) is 3.28. The first-order valence-corrected chi connectivity index (χ1v) is 24.3. The van der Waals surface area contributed by atoms with Gasteiger partial charge in [-0.25, -0.2) is 28.0 Å². The van der Waals surface area contributed by atoms with Crippen LogP contribution in [0.1, 0.15) is 40.0 Å². The molecule has 6 unspecified atom stereocenters. The molecule has 5 rings (SSSR count). The van der Waals surface area contributed by atoms with Crippen LogP contribution in [0.4, 0.5) is 8.78 Å². The summed E-state index contributed by atoms with van der Waals surface area (Å²) >= 11 is 13.1. The van der Waals surface area contributed by atoms with E-state index in [4.69, 9.17) is 48.5 Å². The van der Waals surface area contributed by atoms with Crippen molar-refractivity contribution in [2.24, 2.45) is 17.8 Å². The minimum Gasteiger partial charge on any atom is -0.479 e. The fourth-order valence-electron chi connectivity index (χ4n) is 6.11. The maximum atomic E-state index is 12.1. The zero-order chi connectivity index (χ0) is 51.6. The lowest BCUT2D eigenvalue weighted by Gasteiger charge is -2.38. The Morgan fingerprint density at radius 3 is 1.16 bits per heavy atom. The number of hydrogen-bond donors (Lipinski definition) is 4. The van der Waals surface area contributed by atoms with Crippen molar-refractivity contribution in [2.75, 3.05) is 34.0 Å². The maximum Gasteiger partial charge on any atom is 0.345 e. The second-order valence-electron chi connectivity index (χ2n) is 15.2. The molecular weight excluding hydrogens is 1170 g/mol. The van der Waals surface area contributed by atoms with E-state index in [0.29, 0.717) is 37.1 Å². The molecule has 4 N–H and O–H groups in total. The predicted octanol–water partition coefficient (Wildman–Crippen LogP) is 11.2. The second-order valence-corrected chi connectivity index (χ2v) is 18.9. The first-order chi connectivity index (χ1) is 32.7. The van der Waals surface area contributed by atoms with E-state index in [0.717, 1.165) is 30.7 Å². The third kappa shape index (κ3) is 23.9. The molecule has 0 heterocycles. The molecule has 0 aliphatic heterocycles. The summed E-state index contributed by atoms with van der Waals surface area (Å²) in [6.45, 7) is 6.85. The minimum atomic E-state index is -2.71. The summed E-state index contributed by atoms with van der Waals surface area (Å²) in [5.74, 6) is -2.82. The molecule has 0 bridgehead atoms. The first kappa shape index (κ1) is 60.7. The molecule has 6 atom stereocenters. The third-order valence-corrected chi connectivity index (χ3v) is 11.7. The lowest BCUT2D eigenvalue weighted by Crippen LogP contribution is -2.45. The van der Waals surface area contributed by atoms with Crippen molar-refractivity contribution in [2.45, 2.75) is 77.0 Å². The van der Waals surface area contributed by atoms with E-state index < -0.39 is 61.1 Å². The number of halogens is 6. The zero-order valence-electron chi connectivity index (χ0n) is 38.2. The van der Waals surface area contributed by atoms with Crippen LogP contribution in [0.15, 0.2) is 115 Å². The highest BCUT2D eigenvalue weighted by Gasteiger charge is 2.41. The number of methoxy groups -OCH3 is 2. The van der Waals surface area contributed by atoms with Gasteiger partial charge in [-0.3, -0.25) is 0 Å². The Hall–Kier alpha value is -4.38. The van der Waals surface area contributed by atoms with Crippen LogP contribution >= 0.6 is 63.7 Å². The normalized spacial score (nSPS) is 16.3. The van der Waals surface area contributed by atoms with Crippen molar-refractivity contribution >= 4 is 87.6 Å². The van der Waals surface area contributed by atoms with Gasteiger partial charge >= 0.3 is 23.9 Å². The molecule has 1 aliphatic rings. The summed E-state index contributed by atoms with van der Waals surface area (Å²) < 4.78 is 64.4. The predicted molar refractivity (Wildman–Crippen MR) is 266 cm³/mol. The van der Waals surface area contributed by atoms with Gasteiger partial charge in [-0.05, 0) is 117 Å². The summed E-state index contributed by atoms with van der Waals surface area (Å²) in [6.07, 6.45) is -5.98. The summed E-state index contributed by atoms with van der Waals surface area (Å²) in [5, 5.41) is 36.1. The Bertz CT molecular complexity index is 2040. The van der Waals surface area contributed by atoms with Gasteiger partial charge in [-0.1, -0.05) is 77.6 Å². The summed E-state index contributed by atoms with van der Waals surface area (Å²) in [6, 6.07) is 27.6. The van der Waals surface area contributed by atoms with E-state index in [9.17, 15) is 33.1 Å². The SMILES string of the molecule is CCOC1CC(C(Oc2ccc(Br)cc2)C(=O)O)C1.COCC(C)C(Oc1ccc(Br)cc1)C(=O)O.COCC(C)C(Oc1ccc(Br)cc1)C(=O)O.O=C(O)C(CC(F)F)Oc1ccc(Br)cc1. The van der Waals surface area contributed by atoms with E-state index in [-0.39, 0.29) is 29.6 Å². The van der Waals surface area contributed by atoms with Crippen LogP contribution in [-0.4, -0.2) is 115 Å². The molecule has 4 aromatic rings. The quantitative estimate of drug-likeness (QED) is 0.0544. The van der Waals surface area contributed by atoms with Crippen molar-refractivity contribution in [3.05, 3.63) is 115 Å². The van der Waals surface area contributed by atoms with Gasteiger partial charge in [0, 0.05) is 56.5 Å². The smallest absolute Gasteiger partial charge is 0.345 e. The number of aliphatic carboxylic acids is 4. The van der Waals surface area contributed by atoms with Crippen molar-refractivity contribution in [3.63, 3.8) is 0 Å². The Kier molecular flexibility index (Phi) is 28.6. The fourth-order valence-corrected chi connectivity index (χ4v) is 7.17. The molecule has 1 saturated carbocycles. The highest BCUT2D eigenvalue weighted by atomic mass is 79.9. The lowest BCUT2D eigenvalue weighted by atomic mass is 9.78. The number of carboxylic acids is 4. The van der Waals surface area contributed by atoms with E-state index in [2.05, 4.69) is 63.7 Å². The van der Waals surface area contributed by atoms with E-state index >= 15 is 0 Å². The highest BCUT2D eigenvalue weighted by molar-refractivity contribution is 9.11. The van der Waals surface area contributed by atoms with Crippen molar-refractivity contribution in [1.29, 1.82) is 0 Å². The van der Waals surface area contributed by atoms with Gasteiger partial charge < -0.3 is 53.6 Å². The number of hydrogen-bond acceptors (Lipinski definition) is 11. The number of benzene rings is 4. The van der Waals surface area contributed by atoms with Crippen LogP contribution in [0.5, 0.6) is 23.0 Å². The first-order valence-electron chi connectivity index (χ1n) is 21.1. The van der Waals surface area contributed by atoms with Gasteiger partial charge in [0.15, 0.2) is 18.3 Å². The molecule has 1 aliphatic carbocycles. The molecule has 1 fully saturated rings. The Morgan fingerprint density at radius 1 is 0.551 bits per heavy atom. The summed E-state index contributed by atoms with van der Waals surface area (Å²) in [4.78, 5) is 44.1. The molecular formula is C48H56Br4F2O15. The van der Waals surface area contributed by atoms with Gasteiger partial charge in [0.25, 0.3) is 0 Å². The molecule has 0 saturated heterocycles. The second kappa shape index (κ2) is 32.5. The van der Waals surface area contributed by atoms with Crippen LogP contribution in [0.2, 0.25) is 0 Å². The van der Waals surface area contributed by atoms with Crippen LogP contribution in [-0.2, 0) is 33.4 Å². The van der Waals surface area contributed by atoms with E-state index in [1.807, 2.05) is 19.1 Å². The molecule has 0 spiro atoms. The van der Waals surface area contributed by atoms with E-state index in [1.165, 1.54) is 26.4 Å². The zero-order valence-corrected chi connectivity index (χ0v) is 44.6. The summed E-state index contributed by atoms with van der Waals surface area (Å²) in [5.41, 5.74) is 0. The summed E-state index contributed by atoms with van der Waals surface area (Å²) in [7, 11) is 3.07. The van der Waals surface area contributed by atoms with Gasteiger partial charge in [-0.2, -0.15) is 0 Å². The Balaban J connectivity index is 0.000000316. The van der Waals surface area contributed by atoms with Crippen molar-refractivity contribution in [1.82, 2.24) is 0 Å². The molecule has 0 radical (unpaired) electrons. The van der Waals surface area contributed by atoms with Gasteiger partial charge in [0.05, 0.1) is 25.7 Å². The fraction of sp³-hybridized carbons (Fsp3) is 0.417. The molecule has 69 heavy (non-hydrogen) atoms. The maximum absolute atomic E-state index is 12.1. The van der Waals surface area contributed by atoms with E-state index in [1.54, 1.807) is 86.6 Å². The number of ether oxygens (including phenoxy) is 7.